The van der Waals surface area contributed by atoms with Gasteiger partial charge in [-0.3, -0.25) is 4.72 Å². The normalized spacial score (nSPS) is 11.4. The third kappa shape index (κ3) is 2.91. The molecule has 20 heavy (non-hydrogen) atoms. The highest BCUT2D eigenvalue weighted by molar-refractivity contribution is 7.92. The average molecular weight is 318 g/mol. The molecule has 106 valence electrons. The first kappa shape index (κ1) is 14.7. The fourth-order valence-electron chi connectivity index (χ4n) is 1.60. The van der Waals surface area contributed by atoms with E-state index < -0.39 is 26.6 Å². The maximum atomic E-state index is 13.5. The molecule has 0 aliphatic heterocycles. The van der Waals surface area contributed by atoms with E-state index in [1.54, 1.807) is 19.1 Å². The smallest absolute Gasteiger partial charge is 0.264 e. The molecule has 0 amide bonds. The molecular formula is C13H10ClF2NO2S. The van der Waals surface area contributed by atoms with E-state index in [9.17, 15) is 17.2 Å². The van der Waals surface area contributed by atoms with Crippen molar-refractivity contribution >= 4 is 27.3 Å². The van der Waals surface area contributed by atoms with Gasteiger partial charge in [0.15, 0.2) is 0 Å². The first-order valence-corrected chi connectivity index (χ1v) is 7.40. The lowest BCUT2D eigenvalue weighted by molar-refractivity contribution is 0.555. The SMILES string of the molecule is Cc1c(Cl)cccc1NS(=O)(=O)c1cc(F)ccc1F. The predicted molar refractivity (Wildman–Crippen MR) is 73.4 cm³/mol. The molecule has 2 rings (SSSR count). The van der Waals surface area contributed by atoms with Crippen LogP contribution in [0, 0.1) is 18.6 Å². The molecule has 2 aromatic rings. The summed E-state index contributed by atoms with van der Waals surface area (Å²) >= 11 is 5.88. The van der Waals surface area contributed by atoms with Crippen molar-refractivity contribution in [2.45, 2.75) is 11.8 Å². The Morgan fingerprint density at radius 3 is 2.55 bits per heavy atom. The average Bonchev–Trinajstić information content (AvgIpc) is 2.37. The Morgan fingerprint density at radius 2 is 1.85 bits per heavy atom. The zero-order valence-electron chi connectivity index (χ0n) is 10.3. The largest absolute Gasteiger partial charge is 0.279 e. The van der Waals surface area contributed by atoms with E-state index in [1.165, 1.54) is 6.07 Å². The summed E-state index contributed by atoms with van der Waals surface area (Å²) in [6.07, 6.45) is 0. The Bertz CT molecular complexity index is 763. The summed E-state index contributed by atoms with van der Waals surface area (Å²) in [6, 6.07) is 6.85. The number of anilines is 1. The highest BCUT2D eigenvalue weighted by atomic mass is 35.5. The maximum Gasteiger partial charge on any atom is 0.264 e. The second-order valence-corrected chi connectivity index (χ2v) is 6.15. The van der Waals surface area contributed by atoms with Gasteiger partial charge in [-0.1, -0.05) is 17.7 Å². The highest BCUT2D eigenvalue weighted by Crippen LogP contribution is 2.26. The van der Waals surface area contributed by atoms with Crippen LogP contribution in [-0.2, 0) is 10.0 Å². The number of benzene rings is 2. The zero-order valence-corrected chi connectivity index (χ0v) is 11.9. The third-order valence-corrected chi connectivity index (χ3v) is 4.48. The van der Waals surface area contributed by atoms with Crippen molar-refractivity contribution in [2.75, 3.05) is 4.72 Å². The van der Waals surface area contributed by atoms with Crippen LogP contribution in [-0.4, -0.2) is 8.42 Å². The molecule has 0 aliphatic carbocycles. The van der Waals surface area contributed by atoms with Gasteiger partial charge in [-0.15, -0.1) is 0 Å². The van der Waals surface area contributed by atoms with Gasteiger partial charge in [0.25, 0.3) is 10.0 Å². The molecule has 7 heteroatoms. The third-order valence-electron chi connectivity index (χ3n) is 2.69. The van der Waals surface area contributed by atoms with Crippen LogP contribution in [0.2, 0.25) is 5.02 Å². The van der Waals surface area contributed by atoms with Gasteiger partial charge >= 0.3 is 0 Å². The highest BCUT2D eigenvalue weighted by Gasteiger charge is 2.21. The van der Waals surface area contributed by atoms with E-state index >= 15 is 0 Å². The van der Waals surface area contributed by atoms with Gasteiger partial charge in [0.2, 0.25) is 0 Å². The van der Waals surface area contributed by atoms with Crippen LogP contribution in [0.15, 0.2) is 41.3 Å². The van der Waals surface area contributed by atoms with Crippen molar-refractivity contribution in [3.05, 3.63) is 58.6 Å². The van der Waals surface area contributed by atoms with E-state index in [4.69, 9.17) is 11.6 Å². The van der Waals surface area contributed by atoms with Crippen LogP contribution in [0.4, 0.5) is 14.5 Å². The summed E-state index contributed by atoms with van der Waals surface area (Å²) in [6.45, 7) is 1.61. The van der Waals surface area contributed by atoms with Crippen LogP contribution >= 0.6 is 11.6 Å². The Kier molecular flexibility index (Phi) is 3.96. The maximum absolute atomic E-state index is 13.5. The molecule has 0 saturated carbocycles. The van der Waals surface area contributed by atoms with Crippen molar-refractivity contribution in [1.82, 2.24) is 0 Å². The molecular weight excluding hydrogens is 308 g/mol. The number of sulfonamides is 1. The topological polar surface area (TPSA) is 46.2 Å². The Morgan fingerprint density at radius 1 is 1.15 bits per heavy atom. The first-order chi connectivity index (χ1) is 9.31. The molecule has 0 aliphatic rings. The number of nitrogens with one attached hydrogen (secondary N) is 1. The number of halogens is 3. The Labute approximate surface area is 120 Å². The van der Waals surface area contributed by atoms with E-state index in [2.05, 4.69) is 4.72 Å². The molecule has 0 heterocycles. The molecule has 0 atom stereocenters. The van der Waals surface area contributed by atoms with Gasteiger partial charge < -0.3 is 0 Å². The molecule has 0 aromatic heterocycles. The lowest BCUT2D eigenvalue weighted by Crippen LogP contribution is -2.15. The first-order valence-electron chi connectivity index (χ1n) is 5.54. The summed E-state index contributed by atoms with van der Waals surface area (Å²) in [7, 11) is -4.23. The second-order valence-electron chi connectivity index (χ2n) is 4.09. The summed E-state index contributed by atoms with van der Waals surface area (Å²) in [5.41, 5.74) is 0.704. The zero-order chi connectivity index (χ0) is 14.9. The van der Waals surface area contributed by atoms with Crippen LogP contribution in [0.5, 0.6) is 0 Å². The lowest BCUT2D eigenvalue weighted by Gasteiger charge is -2.12. The van der Waals surface area contributed by atoms with Crippen LogP contribution in [0.3, 0.4) is 0 Å². The van der Waals surface area contributed by atoms with Crippen LogP contribution in [0.25, 0.3) is 0 Å². The minimum Gasteiger partial charge on any atom is -0.279 e. The molecule has 0 spiro atoms. The van der Waals surface area contributed by atoms with E-state index in [0.29, 0.717) is 16.7 Å². The summed E-state index contributed by atoms with van der Waals surface area (Å²) in [4.78, 5) is -0.753. The van der Waals surface area contributed by atoms with E-state index in [1.807, 2.05) is 0 Å². The summed E-state index contributed by atoms with van der Waals surface area (Å²) in [5.74, 6) is -1.87. The second kappa shape index (κ2) is 5.38. The number of hydrogen-bond donors (Lipinski definition) is 1. The lowest BCUT2D eigenvalue weighted by atomic mass is 10.2. The standard InChI is InChI=1S/C13H10ClF2NO2S/c1-8-10(14)3-2-4-12(8)17-20(18,19)13-7-9(15)5-6-11(13)16/h2-7,17H,1H3. The summed E-state index contributed by atoms with van der Waals surface area (Å²) in [5, 5.41) is 0.366. The van der Waals surface area contributed by atoms with Gasteiger partial charge in [0.1, 0.15) is 16.5 Å². The van der Waals surface area contributed by atoms with Gasteiger partial charge in [-0.05, 0) is 42.8 Å². The van der Waals surface area contributed by atoms with Crippen LogP contribution < -0.4 is 4.72 Å². The van der Waals surface area contributed by atoms with E-state index in [-0.39, 0.29) is 5.69 Å². The molecule has 0 unspecified atom stereocenters. The predicted octanol–water partition coefficient (Wildman–Crippen LogP) is 3.73. The van der Waals surface area contributed by atoms with Gasteiger partial charge in [0.05, 0.1) is 5.69 Å². The van der Waals surface area contributed by atoms with Crippen molar-refractivity contribution in [3.63, 3.8) is 0 Å². The fourth-order valence-corrected chi connectivity index (χ4v) is 2.99. The van der Waals surface area contributed by atoms with Gasteiger partial charge in [-0.2, -0.15) is 0 Å². The quantitative estimate of drug-likeness (QED) is 0.937. The molecule has 3 nitrogen and oxygen atoms in total. The van der Waals surface area contributed by atoms with Crippen molar-refractivity contribution < 1.29 is 17.2 Å². The summed E-state index contributed by atoms with van der Waals surface area (Å²) < 4.78 is 53.0. The monoisotopic (exact) mass is 317 g/mol. The van der Waals surface area contributed by atoms with Crippen molar-refractivity contribution in [2.24, 2.45) is 0 Å². The van der Waals surface area contributed by atoms with Crippen molar-refractivity contribution in [1.29, 1.82) is 0 Å². The van der Waals surface area contributed by atoms with E-state index in [0.717, 1.165) is 12.1 Å². The minimum absolute atomic E-state index is 0.209. The van der Waals surface area contributed by atoms with Crippen LogP contribution in [0.1, 0.15) is 5.56 Å². The molecule has 2 aromatic carbocycles. The fraction of sp³-hybridized carbons (Fsp3) is 0.0769. The van der Waals surface area contributed by atoms with Gasteiger partial charge in [0, 0.05) is 5.02 Å². The van der Waals surface area contributed by atoms with Crippen molar-refractivity contribution in [3.8, 4) is 0 Å². The number of rotatable bonds is 3. The molecule has 0 radical (unpaired) electrons. The minimum atomic E-state index is -4.23. The van der Waals surface area contributed by atoms with Gasteiger partial charge in [-0.25, -0.2) is 17.2 Å². The Hall–Kier alpha value is -1.66. The molecule has 0 fully saturated rings. The number of hydrogen-bond acceptors (Lipinski definition) is 2. The molecule has 0 bridgehead atoms. The Balaban J connectivity index is 2.46. The molecule has 0 saturated heterocycles. The molecule has 1 N–H and O–H groups in total.